The fourth-order valence-electron chi connectivity index (χ4n) is 2.04. The number of phenols is 2. The first-order valence-electron chi connectivity index (χ1n) is 5.74. The van der Waals surface area contributed by atoms with E-state index in [2.05, 4.69) is 0 Å². The lowest BCUT2D eigenvalue weighted by molar-refractivity contribution is 0.279. The number of halogens is 2. The second kappa shape index (κ2) is 6.46. The van der Waals surface area contributed by atoms with Crippen LogP contribution in [0, 0.1) is 7.14 Å². The van der Waals surface area contributed by atoms with Crippen LogP contribution in [0.2, 0.25) is 0 Å². The first kappa shape index (κ1) is 15.8. The van der Waals surface area contributed by atoms with Gasteiger partial charge in [-0.25, -0.2) is 0 Å². The van der Waals surface area contributed by atoms with Crippen LogP contribution in [0.1, 0.15) is 11.1 Å². The van der Waals surface area contributed by atoms with Crippen molar-refractivity contribution in [3.63, 3.8) is 0 Å². The Kier molecular flexibility index (Phi) is 5.10. The van der Waals surface area contributed by atoms with Gasteiger partial charge in [0.1, 0.15) is 11.5 Å². The highest BCUT2D eigenvalue weighted by Gasteiger charge is 2.20. The summed E-state index contributed by atoms with van der Waals surface area (Å²) in [6.07, 6.45) is 0. The molecule has 0 heterocycles. The van der Waals surface area contributed by atoms with Crippen LogP contribution < -0.4 is 0 Å². The highest BCUT2D eigenvalue weighted by atomic mass is 127. The normalized spacial score (nSPS) is 10.8. The number of aliphatic hydroxyl groups excluding tert-OH is 2. The van der Waals surface area contributed by atoms with E-state index in [-0.39, 0.29) is 24.7 Å². The summed E-state index contributed by atoms with van der Waals surface area (Å²) in [6.45, 7) is -0.537. The number of rotatable bonds is 3. The molecule has 0 aromatic heterocycles. The van der Waals surface area contributed by atoms with Gasteiger partial charge in [-0.2, -0.15) is 0 Å². The number of benzene rings is 2. The molecule has 0 aliphatic rings. The smallest absolute Gasteiger partial charge is 0.137 e. The fourth-order valence-corrected chi connectivity index (χ4v) is 2.94. The van der Waals surface area contributed by atoms with Crippen molar-refractivity contribution in [1.82, 2.24) is 0 Å². The van der Waals surface area contributed by atoms with E-state index in [4.69, 9.17) is 0 Å². The molecule has 0 atom stereocenters. The zero-order chi connectivity index (χ0) is 14.9. The Morgan fingerprint density at radius 2 is 1.05 bits per heavy atom. The molecule has 4 nitrogen and oxygen atoms in total. The molecule has 0 radical (unpaired) electrons. The van der Waals surface area contributed by atoms with E-state index in [9.17, 15) is 20.4 Å². The molecule has 0 aliphatic heterocycles. The molecule has 0 saturated carbocycles. The van der Waals surface area contributed by atoms with Crippen LogP contribution in [0.25, 0.3) is 11.1 Å². The minimum Gasteiger partial charge on any atom is -0.506 e. The number of hydrogen-bond acceptors (Lipinski definition) is 4. The average molecular weight is 498 g/mol. The summed E-state index contributed by atoms with van der Waals surface area (Å²) in [4.78, 5) is 0. The maximum Gasteiger partial charge on any atom is 0.137 e. The first-order chi connectivity index (χ1) is 9.51. The molecule has 0 saturated heterocycles. The minimum atomic E-state index is -0.268. The van der Waals surface area contributed by atoms with Crippen molar-refractivity contribution in [1.29, 1.82) is 0 Å². The molecule has 0 fully saturated rings. The average Bonchev–Trinajstić information content (AvgIpc) is 2.45. The third-order valence-corrected chi connectivity index (χ3v) is 4.76. The Balaban J connectivity index is 2.87. The zero-order valence-electron chi connectivity index (χ0n) is 10.3. The molecule has 0 unspecified atom stereocenters. The Morgan fingerprint density at radius 3 is 1.35 bits per heavy atom. The summed E-state index contributed by atoms with van der Waals surface area (Å²) in [5.41, 5.74) is 1.71. The van der Waals surface area contributed by atoms with Crippen molar-refractivity contribution in [2.45, 2.75) is 13.2 Å². The van der Waals surface area contributed by atoms with Gasteiger partial charge < -0.3 is 20.4 Å². The summed E-state index contributed by atoms with van der Waals surface area (Å²) in [5.74, 6) is -0.0201. The first-order valence-corrected chi connectivity index (χ1v) is 7.89. The number of hydrogen-bond donors (Lipinski definition) is 4. The Labute approximate surface area is 143 Å². The predicted octanol–water partition coefficient (Wildman–Crippen LogP) is 2.96. The molecule has 0 amide bonds. The van der Waals surface area contributed by atoms with Gasteiger partial charge in [0.15, 0.2) is 0 Å². The summed E-state index contributed by atoms with van der Waals surface area (Å²) >= 11 is 3.95. The Bertz CT molecular complexity index is 599. The molecule has 0 bridgehead atoms. The summed E-state index contributed by atoms with van der Waals surface area (Å²) < 4.78 is 1.22. The lowest BCUT2D eigenvalue weighted by Crippen LogP contribution is -1.98. The molecule has 20 heavy (non-hydrogen) atoms. The second-order valence-corrected chi connectivity index (χ2v) is 6.50. The maximum absolute atomic E-state index is 10.3. The van der Waals surface area contributed by atoms with Gasteiger partial charge in [-0.15, -0.1) is 0 Å². The van der Waals surface area contributed by atoms with Crippen molar-refractivity contribution < 1.29 is 20.4 Å². The maximum atomic E-state index is 10.3. The standard InChI is InChI=1S/C14H12I2O4/c15-9-3-1-7(5-17)11(13(9)19)12-8(6-18)2-4-10(16)14(12)20/h1-4,17-20H,5-6H2. The van der Waals surface area contributed by atoms with Gasteiger partial charge in [0.25, 0.3) is 0 Å². The van der Waals surface area contributed by atoms with Crippen LogP contribution in [0.3, 0.4) is 0 Å². The molecule has 4 N–H and O–H groups in total. The number of phenolic OH excluding ortho intramolecular Hbond substituents is 2. The fraction of sp³-hybridized carbons (Fsp3) is 0.143. The summed E-state index contributed by atoms with van der Waals surface area (Å²) in [5, 5.41) is 39.5. The molecule has 6 heteroatoms. The van der Waals surface area contributed by atoms with Gasteiger partial charge in [-0.05, 0) is 68.4 Å². The SMILES string of the molecule is OCc1ccc(I)c(O)c1-c1c(CO)ccc(I)c1O. The molecular formula is C14H12I2O4. The third-order valence-electron chi connectivity index (χ3n) is 3.02. The van der Waals surface area contributed by atoms with Gasteiger partial charge in [0.05, 0.1) is 20.4 Å². The second-order valence-electron chi connectivity index (χ2n) is 4.18. The highest BCUT2D eigenvalue weighted by Crippen LogP contribution is 2.44. The lowest BCUT2D eigenvalue weighted by atomic mass is 9.94. The van der Waals surface area contributed by atoms with E-state index in [0.29, 0.717) is 29.4 Å². The van der Waals surface area contributed by atoms with Gasteiger partial charge in [-0.3, -0.25) is 0 Å². The van der Waals surface area contributed by atoms with E-state index in [1.165, 1.54) is 0 Å². The summed E-state index contributed by atoms with van der Waals surface area (Å²) in [7, 11) is 0. The van der Waals surface area contributed by atoms with Crippen molar-refractivity contribution in [3.8, 4) is 22.6 Å². The topological polar surface area (TPSA) is 80.9 Å². The van der Waals surface area contributed by atoms with Crippen molar-refractivity contribution in [3.05, 3.63) is 42.5 Å². The van der Waals surface area contributed by atoms with Gasteiger partial charge in [0.2, 0.25) is 0 Å². The van der Waals surface area contributed by atoms with E-state index < -0.39 is 0 Å². The van der Waals surface area contributed by atoms with Crippen LogP contribution in [-0.2, 0) is 13.2 Å². The van der Waals surface area contributed by atoms with Crippen LogP contribution >= 0.6 is 45.2 Å². The van der Waals surface area contributed by atoms with Crippen LogP contribution in [0.15, 0.2) is 24.3 Å². The molecular weight excluding hydrogens is 486 g/mol. The summed E-state index contributed by atoms with van der Waals surface area (Å²) in [6, 6.07) is 6.76. The highest BCUT2D eigenvalue weighted by molar-refractivity contribution is 14.1. The molecule has 2 rings (SSSR count). The van der Waals surface area contributed by atoms with Gasteiger partial charge in [0, 0.05) is 11.1 Å². The van der Waals surface area contributed by atoms with Gasteiger partial charge in [-0.1, -0.05) is 12.1 Å². The molecule has 2 aromatic rings. The van der Waals surface area contributed by atoms with E-state index in [1.54, 1.807) is 24.3 Å². The monoisotopic (exact) mass is 498 g/mol. The largest absolute Gasteiger partial charge is 0.506 e. The molecule has 0 aliphatic carbocycles. The van der Waals surface area contributed by atoms with E-state index >= 15 is 0 Å². The predicted molar refractivity (Wildman–Crippen MR) is 92.5 cm³/mol. The molecule has 2 aromatic carbocycles. The minimum absolute atomic E-state index is 0.0100. The van der Waals surface area contributed by atoms with Crippen LogP contribution in [-0.4, -0.2) is 20.4 Å². The molecule has 0 spiro atoms. The Hall–Kier alpha value is -0.580. The quantitative estimate of drug-likeness (QED) is 0.491. The van der Waals surface area contributed by atoms with Crippen molar-refractivity contribution >= 4 is 45.2 Å². The van der Waals surface area contributed by atoms with Crippen LogP contribution in [0.5, 0.6) is 11.5 Å². The third kappa shape index (κ3) is 2.74. The lowest BCUT2D eigenvalue weighted by Gasteiger charge is -2.16. The van der Waals surface area contributed by atoms with Crippen LogP contribution in [0.4, 0.5) is 0 Å². The van der Waals surface area contributed by atoms with Gasteiger partial charge >= 0.3 is 0 Å². The molecule has 106 valence electrons. The van der Waals surface area contributed by atoms with Crippen molar-refractivity contribution in [2.75, 3.05) is 0 Å². The van der Waals surface area contributed by atoms with E-state index in [0.717, 1.165) is 0 Å². The van der Waals surface area contributed by atoms with Crippen molar-refractivity contribution in [2.24, 2.45) is 0 Å². The van der Waals surface area contributed by atoms with E-state index in [1.807, 2.05) is 45.2 Å². The number of aromatic hydroxyl groups is 2. The number of aliphatic hydroxyl groups is 2. The Morgan fingerprint density at radius 1 is 0.700 bits per heavy atom. The zero-order valence-corrected chi connectivity index (χ0v) is 14.6.